The summed E-state index contributed by atoms with van der Waals surface area (Å²) >= 11 is 0. The van der Waals surface area contributed by atoms with E-state index in [1.807, 2.05) is 17.0 Å². The number of fused-ring (bicyclic) bond motifs is 1. The highest BCUT2D eigenvalue weighted by atomic mass is 19.1. The summed E-state index contributed by atoms with van der Waals surface area (Å²) in [6.45, 7) is 6.15. The first-order valence-electron chi connectivity index (χ1n) is 16.7. The lowest BCUT2D eigenvalue weighted by atomic mass is 9.68. The number of hydrogen-bond donors (Lipinski definition) is 3. The molecule has 3 aromatic rings. The fourth-order valence-electron chi connectivity index (χ4n) is 7.87. The van der Waals surface area contributed by atoms with Crippen molar-refractivity contribution in [3.05, 3.63) is 58.7 Å². The number of halogens is 1. The Hall–Kier alpha value is -3.57. The lowest BCUT2D eigenvalue weighted by Crippen LogP contribution is -2.66. The van der Waals surface area contributed by atoms with Gasteiger partial charge < -0.3 is 26.2 Å². The number of anilines is 1. The lowest BCUT2D eigenvalue weighted by molar-refractivity contribution is 0.0664. The van der Waals surface area contributed by atoms with E-state index in [9.17, 15) is 14.0 Å². The Morgan fingerprint density at radius 1 is 1.04 bits per heavy atom. The number of amides is 2. The molecule has 2 aromatic heterocycles. The first-order chi connectivity index (χ1) is 21.8. The second-order valence-corrected chi connectivity index (χ2v) is 13.4. The van der Waals surface area contributed by atoms with Crippen molar-refractivity contribution >= 4 is 23.3 Å². The number of nitrogen functional groups attached to an aromatic ring is 1. The highest BCUT2D eigenvalue weighted by molar-refractivity contribution is 6.04. The van der Waals surface area contributed by atoms with Crippen LogP contribution >= 0.6 is 0 Å². The molecule has 3 fully saturated rings. The summed E-state index contributed by atoms with van der Waals surface area (Å²) in [5.41, 5.74) is 9.26. The molecule has 242 valence electrons. The Bertz CT molecular complexity index is 1520. The number of rotatable bonds is 4. The number of aromatic nitrogens is 3. The molecule has 2 atom stereocenters. The number of benzene rings is 1. The molecule has 1 aliphatic carbocycles. The third kappa shape index (κ3) is 6.56. The van der Waals surface area contributed by atoms with E-state index in [2.05, 4.69) is 45.7 Å². The fraction of sp³-hybridized carbons (Fsp3) is 0.588. The van der Waals surface area contributed by atoms with E-state index in [1.165, 1.54) is 42.8 Å². The second-order valence-electron chi connectivity index (χ2n) is 13.4. The zero-order valence-electron chi connectivity index (χ0n) is 26.7. The summed E-state index contributed by atoms with van der Waals surface area (Å²) in [4.78, 5) is 35.9. The molecule has 1 spiro atoms. The van der Waals surface area contributed by atoms with Gasteiger partial charge in [-0.1, -0.05) is 51.0 Å². The number of likely N-dealkylation sites (N-methyl/N-ethyl adjacent to an activating group) is 1. The van der Waals surface area contributed by atoms with E-state index < -0.39 is 5.82 Å². The quantitative estimate of drug-likeness (QED) is 0.399. The smallest absolute Gasteiger partial charge is 0.259 e. The largest absolute Gasteiger partial charge is 0.381 e. The maximum Gasteiger partial charge on any atom is 0.259 e. The average molecular weight is 619 g/mol. The molecule has 2 amide bonds. The van der Waals surface area contributed by atoms with Crippen LogP contribution in [0.1, 0.15) is 102 Å². The van der Waals surface area contributed by atoms with E-state index in [4.69, 9.17) is 5.73 Å². The predicted octanol–water partition coefficient (Wildman–Crippen LogP) is 4.29. The molecule has 4 heterocycles. The van der Waals surface area contributed by atoms with Crippen molar-refractivity contribution < 1.29 is 14.0 Å². The minimum atomic E-state index is -0.556. The van der Waals surface area contributed by atoms with Gasteiger partial charge in [-0.2, -0.15) is 0 Å². The second kappa shape index (κ2) is 13.4. The van der Waals surface area contributed by atoms with E-state index >= 15 is 0 Å². The summed E-state index contributed by atoms with van der Waals surface area (Å²) in [5.74, 6) is -0.784. The summed E-state index contributed by atoms with van der Waals surface area (Å²) in [6, 6.07) is 5.87. The van der Waals surface area contributed by atoms with Crippen molar-refractivity contribution in [1.82, 2.24) is 35.0 Å². The van der Waals surface area contributed by atoms with Crippen molar-refractivity contribution in [2.45, 2.75) is 88.6 Å². The van der Waals surface area contributed by atoms with Gasteiger partial charge in [-0.25, -0.2) is 13.9 Å². The summed E-state index contributed by atoms with van der Waals surface area (Å²) < 4.78 is 15.1. The van der Waals surface area contributed by atoms with Crippen LogP contribution in [-0.4, -0.2) is 87.6 Å². The molecule has 6 rings (SSSR count). The number of nitrogens with zero attached hydrogens (tertiary/aromatic N) is 5. The summed E-state index contributed by atoms with van der Waals surface area (Å²) in [6.07, 6.45) is 13.3. The lowest BCUT2D eigenvalue weighted by Gasteiger charge is -2.50. The van der Waals surface area contributed by atoms with Crippen molar-refractivity contribution in [2.24, 2.45) is 0 Å². The number of hydrogen-bond acceptors (Lipinski definition) is 7. The zero-order valence-corrected chi connectivity index (χ0v) is 26.7. The molecule has 1 aromatic carbocycles. The first kappa shape index (κ1) is 31.4. The van der Waals surface area contributed by atoms with Crippen molar-refractivity contribution in [2.75, 3.05) is 45.5 Å². The van der Waals surface area contributed by atoms with Gasteiger partial charge in [0.2, 0.25) is 0 Å². The Balaban J connectivity index is 1.34. The fourth-order valence-corrected chi connectivity index (χ4v) is 7.87. The highest BCUT2D eigenvalue weighted by Gasteiger charge is 2.47. The maximum atomic E-state index is 14.1. The molecule has 2 aliphatic heterocycles. The van der Waals surface area contributed by atoms with Gasteiger partial charge in [0, 0.05) is 43.2 Å². The van der Waals surface area contributed by atoms with Gasteiger partial charge >= 0.3 is 0 Å². The zero-order chi connectivity index (χ0) is 31.6. The monoisotopic (exact) mass is 618 g/mol. The Morgan fingerprint density at radius 3 is 2.42 bits per heavy atom. The molecular weight excluding hydrogens is 571 g/mol. The molecule has 0 bridgehead atoms. The average Bonchev–Trinajstić information content (AvgIpc) is 3.36. The molecule has 2 saturated heterocycles. The molecule has 4 N–H and O–H groups in total. The van der Waals surface area contributed by atoms with Crippen LogP contribution in [0, 0.1) is 12.7 Å². The van der Waals surface area contributed by atoms with Crippen molar-refractivity contribution in [3.63, 3.8) is 0 Å². The number of piperazine rings is 1. The maximum absolute atomic E-state index is 14.1. The molecule has 10 nitrogen and oxygen atoms in total. The number of aryl methyl sites for hydroxylation is 1. The van der Waals surface area contributed by atoms with E-state index in [0.29, 0.717) is 5.56 Å². The number of piperidine rings is 1. The topological polar surface area (TPSA) is 121 Å². The SMILES string of the molecule is Cc1cc(C(=O)N2CCN(C)CC2)ccc1C1CCNC2(CCCCCCCCC2)C1NC(=O)c1c(N)nn2cc(F)cnc12. The molecule has 0 radical (unpaired) electrons. The Labute approximate surface area is 264 Å². The third-order valence-corrected chi connectivity index (χ3v) is 10.4. The normalized spacial score (nSPS) is 23.2. The van der Waals surface area contributed by atoms with Gasteiger partial charge in [-0.05, 0) is 63.0 Å². The summed E-state index contributed by atoms with van der Waals surface area (Å²) in [5, 5.41) is 11.5. The molecule has 11 heteroatoms. The van der Waals surface area contributed by atoms with Gasteiger partial charge in [0.05, 0.1) is 18.4 Å². The first-order valence-corrected chi connectivity index (χ1v) is 16.7. The number of carbonyl (C=O) groups is 2. The van der Waals surface area contributed by atoms with Crippen LogP contribution in [0.3, 0.4) is 0 Å². The predicted molar refractivity (Wildman–Crippen MR) is 173 cm³/mol. The molecule has 2 unspecified atom stereocenters. The molecule has 45 heavy (non-hydrogen) atoms. The van der Waals surface area contributed by atoms with E-state index in [1.54, 1.807) is 0 Å². The van der Waals surface area contributed by atoms with Crippen molar-refractivity contribution in [3.8, 4) is 0 Å². The third-order valence-electron chi connectivity index (χ3n) is 10.4. The van der Waals surface area contributed by atoms with Gasteiger partial charge in [-0.3, -0.25) is 9.59 Å². The number of nitrogens with one attached hydrogen (secondary N) is 2. The van der Waals surface area contributed by atoms with Crippen molar-refractivity contribution in [1.29, 1.82) is 0 Å². The minimum absolute atomic E-state index is 0.0221. The number of carbonyl (C=O) groups excluding carboxylic acids is 2. The van der Waals surface area contributed by atoms with Crippen LogP contribution in [-0.2, 0) is 0 Å². The van der Waals surface area contributed by atoms with Gasteiger partial charge in [0.15, 0.2) is 17.3 Å². The van der Waals surface area contributed by atoms with E-state index in [-0.39, 0.29) is 46.3 Å². The van der Waals surface area contributed by atoms with Crippen LogP contribution in [0.15, 0.2) is 30.6 Å². The van der Waals surface area contributed by atoms with Gasteiger partial charge in [-0.15, -0.1) is 5.10 Å². The molecule has 1 saturated carbocycles. The van der Waals surface area contributed by atoms with Gasteiger partial charge in [0.25, 0.3) is 11.8 Å². The van der Waals surface area contributed by atoms with Gasteiger partial charge in [0.1, 0.15) is 5.56 Å². The summed E-state index contributed by atoms with van der Waals surface area (Å²) in [7, 11) is 2.08. The molecule has 3 aliphatic rings. The standard InChI is InChI=1S/C34H47FN8O2/c1-23-20-24(33(45)42-18-16-41(2)17-19-42)10-11-26(23)27-12-15-38-34(13-8-6-4-3-5-7-9-14-34)29(27)39-32(44)28-30(36)40-43-22-25(35)21-37-31(28)43/h10-11,20-22,27,29,38H,3-9,12-19H2,1-2H3,(H2,36,40)(H,39,44). The Morgan fingerprint density at radius 2 is 1.73 bits per heavy atom. The minimum Gasteiger partial charge on any atom is -0.381 e. The van der Waals surface area contributed by atoms with Crippen LogP contribution in [0.25, 0.3) is 5.65 Å². The number of nitrogens with two attached hydrogens (primary N) is 1. The highest BCUT2D eigenvalue weighted by Crippen LogP contribution is 2.41. The van der Waals surface area contributed by atoms with Crippen LogP contribution in [0.4, 0.5) is 10.2 Å². The Kier molecular flexibility index (Phi) is 9.37. The van der Waals surface area contributed by atoms with Crippen LogP contribution in [0.2, 0.25) is 0 Å². The van der Waals surface area contributed by atoms with Crippen LogP contribution in [0.5, 0.6) is 0 Å². The molecular formula is C34H47FN8O2. The van der Waals surface area contributed by atoms with Crippen LogP contribution < -0.4 is 16.4 Å². The van der Waals surface area contributed by atoms with E-state index in [0.717, 1.165) is 82.2 Å².